The molecule has 3 rings (SSSR count). The molecule has 0 aromatic heterocycles. The van der Waals surface area contributed by atoms with E-state index in [-0.39, 0.29) is 17.5 Å². The average molecular weight is 548 g/mol. The number of rotatable bonds is 7. The Morgan fingerprint density at radius 1 is 1.08 bits per heavy atom. The van der Waals surface area contributed by atoms with Crippen LogP contribution in [0.25, 0.3) is 0 Å². The molecule has 0 spiro atoms. The Bertz CT molecular complexity index is 1010. The van der Waals surface area contributed by atoms with Crippen molar-refractivity contribution in [2.75, 3.05) is 38.5 Å². The van der Waals surface area contributed by atoms with Crippen LogP contribution in [0.1, 0.15) is 71.8 Å². The van der Waals surface area contributed by atoms with Crippen LogP contribution in [0.4, 0.5) is 14.9 Å². The fourth-order valence-corrected chi connectivity index (χ4v) is 5.24. The lowest BCUT2D eigenvalue weighted by Gasteiger charge is -2.36. The number of likely N-dealkylation sites (N-methyl/N-ethyl adjacent to an activating group) is 1. The molecular weight excluding hydrogens is 501 g/mol. The predicted octanol–water partition coefficient (Wildman–Crippen LogP) is 3.69. The molecule has 2 aliphatic rings. The van der Waals surface area contributed by atoms with Gasteiger partial charge in [-0.2, -0.15) is 0 Å². The van der Waals surface area contributed by atoms with Gasteiger partial charge in [-0.05, 0) is 70.2 Å². The second kappa shape index (κ2) is 13.1. The Balaban J connectivity index is 1.74. The zero-order chi connectivity index (χ0) is 28.9. The first-order valence-corrected chi connectivity index (χ1v) is 14.1. The summed E-state index contributed by atoms with van der Waals surface area (Å²) in [4.78, 5) is 42.8. The van der Waals surface area contributed by atoms with Crippen molar-refractivity contribution in [2.45, 2.75) is 83.9 Å². The molecular formula is C29H46FN5O4. The summed E-state index contributed by atoms with van der Waals surface area (Å²) in [6.07, 6.45) is 3.15. The number of carbonyl (C=O) groups is 3. The summed E-state index contributed by atoms with van der Waals surface area (Å²) >= 11 is 0. The highest BCUT2D eigenvalue weighted by Gasteiger charge is 2.35. The van der Waals surface area contributed by atoms with Crippen LogP contribution in [0.2, 0.25) is 0 Å². The van der Waals surface area contributed by atoms with Crippen LogP contribution in [0.5, 0.6) is 0 Å². The molecule has 1 aromatic carbocycles. The van der Waals surface area contributed by atoms with Crippen molar-refractivity contribution in [3.63, 3.8) is 0 Å². The second-order valence-electron chi connectivity index (χ2n) is 12.3. The first kappa shape index (κ1) is 30.8. The number of nitrogens with one attached hydrogen (secondary N) is 2. The van der Waals surface area contributed by atoms with E-state index < -0.39 is 41.4 Å². The van der Waals surface area contributed by atoms with Crippen LogP contribution >= 0.6 is 0 Å². The number of nitrogens with zero attached hydrogens (tertiary/aromatic N) is 2. The van der Waals surface area contributed by atoms with Gasteiger partial charge in [0.1, 0.15) is 17.5 Å². The van der Waals surface area contributed by atoms with Crippen molar-refractivity contribution in [2.24, 2.45) is 17.6 Å². The van der Waals surface area contributed by atoms with E-state index in [2.05, 4.69) is 22.5 Å². The second-order valence-corrected chi connectivity index (χ2v) is 12.3. The minimum atomic E-state index is -0.954. The fraction of sp³-hybridized carbons (Fsp3) is 0.690. The highest BCUT2D eigenvalue weighted by molar-refractivity contribution is 5.95. The van der Waals surface area contributed by atoms with Crippen LogP contribution in [0.3, 0.4) is 0 Å². The van der Waals surface area contributed by atoms with Crippen LogP contribution in [-0.4, -0.2) is 78.6 Å². The Morgan fingerprint density at radius 3 is 2.26 bits per heavy atom. The van der Waals surface area contributed by atoms with Gasteiger partial charge in [0.15, 0.2) is 0 Å². The number of nitrogens with two attached hydrogens (primary N) is 1. The minimum Gasteiger partial charge on any atom is -0.444 e. The van der Waals surface area contributed by atoms with E-state index in [4.69, 9.17) is 10.5 Å². The molecule has 218 valence electrons. The summed E-state index contributed by atoms with van der Waals surface area (Å²) in [7, 11) is 1.99. The summed E-state index contributed by atoms with van der Waals surface area (Å²) < 4.78 is 20.6. The molecule has 39 heavy (non-hydrogen) atoms. The Labute approximate surface area is 232 Å². The van der Waals surface area contributed by atoms with Crippen molar-refractivity contribution in [1.29, 1.82) is 0 Å². The molecule has 1 aliphatic carbocycles. The number of halogens is 1. The maximum Gasteiger partial charge on any atom is 0.408 e. The van der Waals surface area contributed by atoms with Gasteiger partial charge >= 0.3 is 6.09 Å². The third-order valence-electron chi connectivity index (χ3n) is 7.90. The first-order chi connectivity index (χ1) is 18.2. The van der Waals surface area contributed by atoms with Gasteiger partial charge in [0.2, 0.25) is 11.8 Å². The smallest absolute Gasteiger partial charge is 0.408 e. The third-order valence-corrected chi connectivity index (χ3v) is 7.90. The topological polar surface area (TPSA) is 117 Å². The molecule has 1 aromatic rings. The van der Waals surface area contributed by atoms with Gasteiger partial charge in [0, 0.05) is 32.1 Å². The normalized spacial score (nSPS) is 22.9. The van der Waals surface area contributed by atoms with Gasteiger partial charge in [0.05, 0.1) is 11.7 Å². The van der Waals surface area contributed by atoms with Crippen LogP contribution in [-0.2, 0) is 14.3 Å². The third kappa shape index (κ3) is 8.63. The quantitative estimate of drug-likeness (QED) is 0.479. The van der Waals surface area contributed by atoms with E-state index in [0.29, 0.717) is 24.6 Å². The molecule has 3 amide bonds. The number of hydrogen-bond acceptors (Lipinski definition) is 6. The zero-order valence-electron chi connectivity index (χ0n) is 24.3. The molecule has 3 atom stereocenters. The molecule has 1 heterocycles. The van der Waals surface area contributed by atoms with Gasteiger partial charge in [-0.1, -0.05) is 32.8 Å². The monoisotopic (exact) mass is 547 g/mol. The number of ether oxygens (including phenoxy) is 1. The van der Waals surface area contributed by atoms with Crippen molar-refractivity contribution in [3.8, 4) is 0 Å². The van der Waals surface area contributed by atoms with Crippen molar-refractivity contribution < 1.29 is 23.5 Å². The lowest BCUT2D eigenvalue weighted by Crippen LogP contribution is -2.56. The number of carbonyl (C=O) groups excluding carboxylic acids is 3. The van der Waals surface area contributed by atoms with Crippen LogP contribution < -0.4 is 16.4 Å². The standard InChI is InChI=1S/C29H46FN5O4/c1-18-7-9-20(10-8-18)24(31)26(36)32-23-12-11-21(17-22(23)30)19(2)25(33-28(38)39-29(3,4)5)27(37)35-15-13-34(6)14-16-35/h11-12,17-20,24-25H,7-10,13-16,31H2,1-6H3,(H,32,36)(H,33,38)/t18-,19-,20-,24-,25+/m0/s1. The predicted molar refractivity (Wildman–Crippen MR) is 150 cm³/mol. The van der Waals surface area contributed by atoms with E-state index in [0.717, 1.165) is 38.8 Å². The van der Waals surface area contributed by atoms with E-state index in [1.807, 2.05) is 7.05 Å². The number of alkyl carbamates (subject to hydrolysis) is 1. The largest absolute Gasteiger partial charge is 0.444 e. The molecule has 10 heteroatoms. The van der Waals surface area contributed by atoms with Crippen LogP contribution in [0.15, 0.2) is 18.2 Å². The van der Waals surface area contributed by atoms with Crippen molar-refractivity contribution in [3.05, 3.63) is 29.6 Å². The molecule has 4 N–H and O–H groups in total. The highest BCUT2D eigenvalue weighted by Crippen LogP contribution is 2.31. The van der Waals surface area contributed by atoms with Gasteiger partial charge < -0.3 is 30.9 Å². The molecule has 1 saturated heterocycles. The van der Waals surface area contributed by atoms with E-state index in [1.165, 1.54) is 12.1 Å². The molecule has 0 radical (unpaired) electrons. The SMILES string of the molecule is C[C@@H](c1ccc(NC(=O)[C@@H](N)[C@H]2CC[C@H](C)CC2)c(F)c1)[C@@H](NC(=O)OC(C)(C)C)C(=O)N1CCN(C)CC1. The Kier molecular flexibility index (Phi) is 10.3. The Hall–Kier alpha value is -2.72. The lowest BCUT2D eigenvalue weighted by molar-refractivity contribution is -0.135. The van der Waals surface area contributed by atoms with Crippen molar-refractivity contribution in [1.82, 2.24) is 15.1 Å². The van der Waals surface area contributed by atoms with E-state index in [9.17, 15) is 14.4 Å². The average Bonchev–Trinajstić information content (AvgIpc) is 2.87. The summed E-state index contributed by atoms with van der Waals surface area (Å²) in [5.41, 5.74) is 6.04. The molecule has 2 fully saturated rings. The number of amides is 3. The number of hydrogen-bond donors (Lipinski definition) is 3. The minimum absolute atomic E-state index is 0.0395. The highest BCUT2D eigenvalue weighted by atomic mass is 19.1. The molecule has 1 aliphatic heterocycles. The molecule has 0 unspecified atom stereocenters. The zero-order valence-corrected chi connectivity index (χ0v) is 24.3. The number of anilines is 1. The summed E-state index contributed by atoms with van der Waals surface area (Å²) in [6, 6.07) is 2.80. The summed E-state index contributed by atoms with van der Waals surface area (Å²) in [5, 5.41) is 5.37. The molecule has 0 bridgehead atoms. The fourth-order valence-electron chi connectivity index (χ4n) is 5.24. The maximum atomic E-state index is 15.2. The van der Waals surface area contributed by atoms with Gasteiger partial charge in [-0.15, -0.1) is 0 Å². The summed E-state index contributed by atoms with van der Waals surface area (Å²) in [5.74, 6) is -1.10. The number of benzene rings is 1. The number of piperazine rings is 1. The molecule has 1 saturated carbocycles. The van der Waals surface area contributed by atoms with E-state index >= 15 is 4.39 Å². The van der Waals surface area contributed by atoms with Gasteiger partial charge in [0.25, 0.3) is 0 Å². The molecule has 9 nitrogen and oxygen atoms in total. The maximum absolute atomic E-state index is 15.2. The van der Waals surface area contributed by atoms with Gasteiger partial charge in [-0.3, -0.25) is 9.59 Å². The summed E-state index contributed by atoms with van der Waals surface area (Å²) in [6.45, 7) is 11.7. The van der Waals surface area contributed by atoms with Gasteiger partial charge in [-0.25, -0.2) is 9.18 Å². The van der Waals surface area contributed by atoms with E-state index in [1.54, 1.807) is 38.7 Å². The lowest BCUT2D eigenvalue weighted by atomic mass is 9.79. The van der Waals surface area contributed by atoms with Crippen LogP contribution in [0, 0.1) is 17.7 Å². The first-order valence-electron chi connectivity index (χ1n) is 14.1. The van der Waals surface area contributed by atoms with Crippen molar-refractivity contribution >= 4 is 23.6 Å². The Morgan fingerprint density at radius 2 is 1.69 bits per heavy atom.